The van der Waals surface area contributed by atoms with Crippen LogP contribution in [0.4, 0.5) is 0 Å². The van der Waals surface area contributed by atoms with E-state index >= 15 is 0 Å². The quantitative estimate of drug-likeness (QED) is 0.552. The van der Waals surface area contributed by atoms with Crippen molar-refractivity contribution in [3.8, 4) is 11.1 Å². The molecule has 0 nitrogen and oxygen atoms in total. The second-order valence-corrected chi connectivity index (χ2v) is 8.21. The molecule has 20 heavy (non-hydrogen) atoms. The monoisotopic (exact) mass is 328 g/mol. The molecular formula is C19H21Br. The van der Waals surface area contributed by atoms with Crippen LogP contribution < -0.4 is 0 Å². The van der Waals surface area contributed by atoms with Crippen molar-refractivity contribution >= 4 is 15.9 Å². The largest absolute Gasteiger partial charge is 0.0616 e. The Labute approximate surface area is 130 Å². The van der Waals surface area contributed by atoms with Crippen LogP contribution in [0.2, 0.25) is 0 Å². The van der Waals surface area contributed by atoms with Crippen LogP contribution in [0.5, 0.6) is 0 Å². The molecule has 0 amide bonds. The zero-order valence-corrected chi connectivity index (χ0v) is 14.4. The average Bonchev–Trinajstić information content (AvgIpc) is 2.57. The highest BCUT2D eigenvalue weighted by Gasteiger charge is 2.38. The first kappa shape index (κ1) is 13.9. The summed E-state index contributed by atoms with van der Waals surface area (Å²) in [6, 6.07) is 13.5. The van der Waals surface area contributed by atoms with E-state index in [1.165, 1.54) is 27.8 Å². The number of rotatable bonds is 0. The van der Waals surface area contributed by atoms with E-state index in [4.69, 9.17) is 0 Å². The average molecular weight is 329 g/mol. The minimum Gasteiger partial charge on any atom is -0.0616 e. The van der Waals surface area contributed by atoms with Gasteiger partial charge in [0, 0.05) is 9.89 Å². The minimum atomic E-state index is 0.0791. The van der Waals surface area contributed by atoms with Crippen LogP contribution >= 0.6 is 15.9 Å². The van der Waals surface area contributed by atoms with Gasteiger partial charge in [-0.2, -0.15) is 0 Å². The molecule has 0 aliphatic heterocycles. The third-order valence-corrected chi connectivity index (χ3v) is 4.96. The number of hydrogen-bond donors (Lipinski definition) is 0. The Morgan fingerprint density at radius 1 is 0.950 bits per heavy atom. The lowest BCUT2D eigenvalue weighted by Gasteiger charge is -2.25. The summed E-state index contributed by atoms with van der Waals surface area (Å²) in [5.74, 6) is 0. The molecule has 0 radical (unpaired) electrons. The highest BCUT2D eigenvalue weighted by molar-refractivity contribution is 9.10. The van der Waals surface area contributed by atoms with Gasteiger partial charge in [0.2, 0.25) is 0 Å². The summed E-state index contributed by atoms with van der Waals surface area (Å²) in [5, 5.41) is 0. The Bertz CT molecular complexity index is 687. The Hall–Kier alpha value is -1.08. The molecule has 0 saturated heterocycles. The lowest BCUT2D eigenvalue weighted by Crippen LogP contribution is -2.17. The summed E-state index contributed by atoms with van der Waals surface area (Å²) in [6.07, 6.45) is 0. The van der Waals surface area contributed by atoms with Gasteiger partial charge in [-0.1, -0.05) is 74.8 Å². The zero-order valence-electron chi connectivity index (χ0n) is 12.8. The number of hydrogen-bond acceptors (Lipinski definition) is 0. The van der Waals surface area contributed by atoms with Gasteiger partial charge in [-0.25, -0.2) is 0 Å². The molecule has 2 aromatic carbocycles. The maximum Gasteiger partial charge on any atom is 0.0178 e. The highest BCUT2D eigenvalue weighted by atomic mass is 79.9. The van der Waals surface area contributed by atoms with Gasteiger partial charge in [0.05, 0.1) is 0 Å². The van der Waals surface area contributed by atoms with E-state index < -0.39 is 0 Å². The van der Waals surface area contributed by atoms with Gasteiger partial charge >= 0.3 is 0 Å². The second kappa shape index (κ2) is 4.21. The Morgan fingerprint density at radius 3 is 2.30 bits per heavy atom. The van der Waals surface area contributed by atoms with E-state index in [-0.39, 0.29) is 10.8 Å². The van der Waals surface area contributed by atoms with Gasteiger partial charge in [-0.05, 0) is 45.4 Å². The fraction of sp³-hybridized carbons (Fsp3) is 0.368. The zero-order chi connectivity index (χ0) is 14.7. The Kier molecular flexibility index (Phi) is 2.92. The number of halogens is 1. The number of fused-ring (bicyclic) bond motifs is 3. The summed E-state index contributed by atoms with van der Waals surface area (Å²) in [4.78, 5) is 0. The molecule has 104 valence electrons. The molecule has 0 fully saturated rings. The molecular weight excluding hydrogens is 308 g/mol. The van der Waals surface area contributed by atoms with Crippen molar-refractivity contribution in [2.75, 3.05) is 0 Å². The Morgan fingerprint density at radius 2 is 1.65 bits per heavy atom. The standard InChI is InChI=1S/C19H21Br/c1-18(2,3)14-7-6-8-15-17(14)13-10-9-12(20)11-16(13)19(15,4)5/h6-11H,1-5H3. The third-order valence-electron chi connectivity index (χ3n) is 4.47. The van der Waals surface area contributed by atoms with Crippen molar-refractivity contribution < 1.29 is 0 Å². The van der Waals surface area contributed by atoms with Crippen LogP contribution in [0.25, 0.3) is 11.1 Å². The van der Waals surface area contributed by atoms with Gasteiger partial charge in [-0.15, -0.1) is 0 Å². The van der Waals surface area contributed by atoms with Crippen LogP contribution in [0, 0.1) is 0 Å². The van der Waals surface area contributed by atoms with Gasteiger partial charge in [0.25, 0.3) is 0 Å². The summed E-state index contributed by atoms with van der Waals surface area (Å²) in [7, 11) is 0. The second-order valence-electron chi connectivity index (χ2n) is 7.29. The maximum atomic E-state index is 3.62. The van der Waals surface area contributed by atoms with Gasteiger partial charge < -0.3 is 0 Å². The van der Waals surface area contributed by atoms with Gasteiger partial charge in [-0.3, -0.25) is 0 Å². The van der Waals surface area contributed by atoms with E-state index in [2.05, 4.69) is 86.9 Å². The van der Waals surface area contributed by atoms with Crippen molar-refractivity contribution in [3.63, 3.8) is 0 Å². The van der Waals surface area contributed by atoms with Crippen molar-refractivity contribution in [3.05, 3.63) is 57.6 Å². The lowest BCUT2D eigenvalue weighted by atomic mass is 9.79. The highest BCUT2D eigenvalue weighted by Crippen LogP contribution is 2.52. The molecule has 1 aliphatic carbocycles. The molecule has 0 atom stereocenters. The molecule has 0 N–H and O–H groups in total. The van der Waals surface area contributed by atoms with E-state index in [9.17, 15) is 0 Å². The molecule has 0 unspecified atom stereocenters. The fourth-order valence-electron chi connectivity index (χ4n) is 3.38. The van der Waals surface area contributed by atoms with Crippen LogP contribution in [0.1, 0.15) is 51.3 Å². The van der Waals surface area contributed by atoms with E-state index in [0.717, 1.165) is 4.47 Å². The lowest BCUT2D eigenvalue weighted by molar-refractivity contribution is 0.589. The van der Waals surface area contributed by atoms with Crippen LogP contribution in [-0.2, 0) is 10.8 Å². The maximum absolute atomic E-state index is 3.62. The SMILES string of the molecule is CC(C)(C)c1cccc2c1-c1ccc(Br)cc1C2(C)C. The first-order valence-electron chi connectivity index (χ1n) is 7.17. The van der Waals surface area contributed by atoms with E-state index in [1.807, 2.05) is 0 Å². The van der Waals surface area contributed by atoms with Crippen LogP contribution in [0.15, 0.2) is 40.9 Å². The normalized spacial score (nSPS) is 15.9. The predicted octanol–water partition coefficient (Wildman–Crippen LogP) is 6.05. The van der Waals surface area contributed by atoms with Crippen LogP contribution in [-0.4, -0.2) is 0 Å². The summed E-state index contributed by atoms with van der Waals surface area (Å²) >= 11 is 3.62. The first-order chi connectivity index (χ1) is 9.23. The molecule has 0 heterocycles. The van der Waals surface area contributed by atoms with E-state index in [0.29, 0.717) is 0 Å². The molecule has 0 spiro atoms. The summed E-state index contributed by atoms with van der Waals surface area (Å²) in [5.41, 5.74) is 7.43. The smallest absolute Gasteiger partial charge is 0.0178 e. The molecule has 0 aromatic heterocycles. The van der Waals surface area contributed by atoms with Crippen molar-refractivity contribution in [1.29, 1.82) is 0 Å². The molecule has 1 heteroatoms. The number of benzene rings is 2. The van der Waals surface area contributed by atoms with Crippen molar-refractivity contribution in [1.82, 2.24) is 0 Å². The Balaban J connectivity index is 2.41. The molecule has 2 aromatic rings. The minimum absolute atomic E-state index is 0.0791. The summed E-state index contributed by atoms with van der Waals surface area (Å²) in [6.45, 7) is 11.6. The van der Waals surface area contributed by atoms with Crippen molar-refractivity contribution in [2.24, 2.45) is 0 Å². The third kappa shape index (κ3) is 1.87. The molecule has 3 rings (SSSR count). The van der Waals surface area contributed by atoms with Crippen LogP contribution in [0.3, 0.4) is 0 Å². The first-order valence-corrected chi connectivity index (χ1v) is 7.96. The predicted molar refractivity (Wildman–Crippen MR) is 90.4 cm³/mol. The van der Waals surface area contributed by atoms with Gasteiger partial charge in [0.1, 0.15) is 0 Å². The molecule has 0 bridgehead atoms. The molecule has 1 aliphatic rings. The molecule has 0 saturated carbocycles. The summed E-state index contributed by atoms with van der Waals surface area (Å²) < 4.78 is 1.16. The fourth-order valence-corrected chi connectivity index (χ4v) is 3.75. The van der Waals surface area contributed by atoms with Gasteiger partial charge in [0.15, 0.2) is 0 Å². The topological polar surface area (TPSA) is 0 Å². The van der Waals surface area contributed by atoms with Crippen molar-refractivity contribution in [2.45, 2.75) is 45.4 Å². The van der Waals surface area contributed by atoms with E-state index in [1.54, 1.807) is 0 Å².